The summed E-state index contributed by atoms with van der Waals surface area (Å²) < 4.78 is 11.9. The van der Waals surface area contributed by atoms with Crippen LogP contribution in [0, 0.1) is 5.92 Å². The Hall–Kier alpha value is -2.09. The molecule has 7 nitrogen and oxygen atoms in total. The van der Waals surface area contributed by atoms with E-state index in [1.807, 2.05) is 38.3 Å². The van der Waals surface area contributed by atoms with E-state index >= 15 is 0 Å². The van der Waals surface area contributed by atoms with Crippen molar-refractivity contribution in [3.8, 4) is 10.7 Å². The molecule has 142 valence electrons. The number of thiophene rings is 1. The zero-order valence-electron chi connectivity index (χ0n) is 15.4. The molecule has 0 unspecified atom stereocenters. The first-order valence-corrected chi connectivity index (χ1v) is 9.80. The normalized spacial score (nSPS) is 18.1. The fraction of sp³-hybridized carbons (Fsp3) is 0.611. The first-order chi connectivity index (χ1) is 12.3. The molecular weight excluding hydrogens is 354 g/mol. The van der Waals surface area contributed by atoms with E-state index in [4.69, 9.17) is 9.26 Å². The number of rotatable bonds is 4. The van der Waals surface area contributed by atoms with Gasteiger partial charge in [-0.25, -0.2) is 9.59 Å². The van der Waals surface area contributed by atoms with Gasteiger partial charge in [0.1, 0.15) is 5.60 Å². The molecule has 26 heavy (non-hydrogen) atoms. The number of ether oxygens (including phenoxy) is 1. The molecule has 0 aromatic carbocycles. The lowest BCUT2D eigenvalue weighted by Crippen LogP contribution is -2.43. The largest absolute Gasteiger partial charge is 0.444 e. The van der Waals surface area contributed by atoms with Crippen molar-refractivity contribution in [2.45, 2.75) is 52.2 Å². The van der Waals surface area contributed by atoms with Gasteiger partial charge in [0.25, 0.3) is 0 Å². The van der Waals surface area contributed by atoms with E-state index in [9.17, 15) is 9.59 Å². The molecule has 3 heterocycles. The third-order valence-electron chi connectivity index (χ3n) is 4.36. The van der Waals surface area contributed by atoms with Gasteiger partial charge in [-0.05, 0) is 57.4 Å². The molecular formula is C18H25N3O4S. The first-order valence-electron chi connectivity index (χ1n) is 8.92. The van der Waals surface area contributed by atoms with Crippen LogP contribution in [0.15, 0.2) is 26.8 Å². The van der Waals surface area contributed by atoms with Gasteiger partial charge in [-0.3, -0.25) is 9.09 Å². The average molecular weight is 379 g/mol. The van der Waals surface area contributed by atoms with Crippen molar-refractivity contribution in [3.05, 3.63) is 28.1 Å². The maximum Gasteiger partial charge on any atom is 0.441 e. The van der Waals surface area contributed by atoms with Gasteiger partial charge in [0.2, 0.25) is 0 Å². The molecule has 0 spiro atoms. The molecule has 3 rings (SSSR count). The maximum atomic E-state index is 12.3. The van der Waals surface area contributed by atoms with E-state index in [0.29, 0.717) is 24.8 Å². The quantitative estimate of drug-likeness (QED) is 0.811. The number of carbonyl (C=O) groups is 1. The van der Waals surface area contributed by atoms with E-state index in [1.165, 1.54) is 11.3 Å². The molecule has 0 radical (unpaired) electrons. The minimum Gasteiger partial charge on any atom is -0.444 e. The lowest BCUT2D eigenvalue weighted by molar-refractivity contribution is 0.0159. The second-order valence-electron chi connectivity index (χ2n) is 7.62. The van der Waals surface area contributed by atoms with Gasteiger partial charge in [-0.15, -0.1) is 11.3 Å². The molecule has 1 aliphatic rings. The number of nitrogens with zero attached hydrogens (tertiary/aromatic N) is 3. The van der Waals surface area contributed by atoms with Crippen LogP contribution in [0.5, 0.6) is 0 Å². The highest BCUT2D eigenvalue weighted by molar-refractivity contribution is 7.13. The van der Waals surface area contributed by atoms with Gasteiger partial charge in [-0.1, -0.05) is 11.2 Å². The predicted octanol–water partition coefficient (Wildman–Crippen LogP) is 3.60. The summed E-state index contributed by atoms with van der Waals surface area (Å²) in [5, 5.41) is 5.85. The summed E-state index contributed by atoms with van der Waals surface area (Å²) in [6.45, 7) is 7.52. The zero-order chi connectivity index (χ0) is 18.7. The molecule has 0 bridgehead atoms. The third-order valence-corrected chi connectivity index (χ3v) is 5.23. The molecule has 0 N–H and O–H groups in total. The molecule has 1 amide bonds. The van der Waals surface area contributed by atoms with Gasteiger partial charge in [0, 0.05) is 19.6 Å². The molecule has 1 saturated heterocycles. The van der Waals surface area contributed by atoms with E-state index in [2.05, 4.69) is 5.16 Å². The van der Waals surface area contributed by atoms with Crippen LogP contribution < -0.4 is 5.76 Å². The van der Waals surface area contributed by atoms with Gasteiger partial charge < -0.3 is 9.64 Å². The number of amides is 1. The van der Waals surface area contributed by atoms with Gasteiger partial charge in [-0.2, -0.15) is 0 Å². The van der Waals surface area contributed by atoms with Crippen molar-refractivity contribution >= 4 is 17.4 Å². The molecule has 1 atom stereocenters. The van der Waals surface area contributed by atoms with Crippen molar-refractivity contribution in [2.24, 2.45) is 5.92 Å². The third kappa shape index (κ3) is 4.55. The summed E-state index contributed by atoms with van der Waals surface area (Å²) in [5.41, 5.74) is -0.491. The fourth-order valence-corrected chi connectivity index (χ4v) is 3.87. The lowest BCUT2D eigenvalue weighted by Gasteiger charge is -2.34. The van der Waals surface area contributed by atoms with Crippen molar-refractivity contribution in [1.29, 1.82) is 0 Å². The number of hydrogen-bond donors (Lipinski definition) is 0. The number of piperidine rings is 1. The van der Waals surface area contributed by atoms with Gasteiger partial charge >= 0.3 is 11.8 Å². The maximum absolute atomic E-state index is 12.3. The molecule has 2 aromatic rings. The SMILES string of the molecule is CC(C)(C)OC(=O)N1CCC[C@H](CCn2c(-c3cccs3)noc2=O)C1. The second kappa shape index (κ2) is 7.65. The minimum absolute atomic E-state index is 0.261. The molecule has 1 aliphatic heterocycles. The molecule has 8 heteroatoms. The first kappa shape index (κ1) is 18.7. The average Bonchev–Trinajstić information content (AvgIpc) is 3.21. The van der Waals surface area contributed by atoms with Crippen molar-refractivity contribution in [3.63, 3.8) is 0 Å². The van der Waals surface area contributed by atoms with Crippen LogP contribution in [0.25, 0.3) is 10.7 Å². The van der Waals surface area contributed by atoms with E-state index in [0.717, 1.165) is 30.7 Å². The Morgan fingerprint density at radius 3 is 2.96 bits per heavy atom. The summed E-state index contributed by atoms with van der Waals surface area (Å²) in [6.07, 6.45) is 2.51. The van der Waals surface area contributed by atoms with Crippen LogP contribution in [0.3, 0.4) is 0 Å². The molecule has 0 saturated carbocycles. The molecule has 1 fully saturated rings. The van der Waals surface area contributed by atoms with Crippen molar-refractivity contribution in [1.82, 2.24) is 14.6 Å². The molecule has 2 aromatic heterocycles. The van der Waals surface area contributed by atoms with Gasteiger partial charge in [0.15, 0.2) is 5.82 Å². The van der Waals surface area contributed by atoms with Gasteiger partial charge in [0.05, 0.1) is 4.88 Å². The number of carbonyl (C=O) groups excluding carboxylic acids is 1. The summed E-state index contributed by atoms with van der Waals surface area (Å²) in [4.78, 5) is 27.0. The van der Waals surface area contributed by atoms with Crippen LogP contribution in [0.2, 0.25) is 0 Å². The summed E-state index contributed by atoms with van der Waals surface area (Å²) in [5.74, 6) is 0.465. The summed E-state index contributed by atoms with van der Waals surface area (Å²) >= 11 is 1.52. The van der Waals surface area contributed by atoms with Crippen LogP contribution >= 0.6 is 11.3 Å². The number of likely N-dealkylation sites (tertiary alicyclic amines) is 1. The minimum atomic E-state index is -0.491. The Balaban J connectivity index is 1.61. The smallest absolute Gasteiger partial charge is 0.441 e. The van der Waals surface area contributed by atoms with Crippen molar-refractivity contribution in [2.75, 3.05) is 13.1 Å². The summed E-state index contributed by atoms with van der Waals surface area (Å²) in [7, 11) is 0. The Kier molecular flexibility index (Phi) is 5.50. The predicted molar refractivity (Wildman–Crippen MR) is 99.2 cm³/mol. The number of hydrogen-bond acceptors (Lipinski definition) is 6. The molecule has 0 aliphatic carbocycles. The lowest BCUT2D eigenvalue weighted by atomic mass is 9.95. The topological polar surface area (TPSA) is 77.6 Å². The van der Waals surface area contributed by atoms with Crippen LogP contribution in [-0.4, -0.2) is 39.4 Å². The highest BCUT2D eigenvalue weighted by Crippen LogP contribution is 2.25. The Labute approximate surface area is 156 Å². The Morgan fingerprint density at radius 1 is 1.46 bits per heavy atom. The van der Waals surface area contributed by atoms with E-state index < -0.39 is 11.4 Å². The van der Waals surface area contributed by atoms with Crippen LogP contribution in [0.4, 0.5) is 4.79 Å². The van der Waals surface area contributed by atoms with Crippen LogP contribution in [-0.2, 0) is 11.3 Å². The van der Waals surface area contributed by atoms with Crippen molar-refractivity contribution < 1.29 is 14.1 Å². The monoisotopic (exact) mass is 379 g/mol. The summed E-state index contributed by atoms with van der Waals surface area (Å²) in [6, 6.07) is 3.84. The highest BCUT2D eigenvalue weighted by Gasteiger charge is 2.28. The second-order valence-corrected chi connectivity index (χ2v) is 8.57. The van der Waals surface area contributed by atoms with E-state index in [-0.39, 0.29) is 6.09 Å². The highest BCUT2D eigenvalue weighted by atomic mass is 32.1. The number of aromatic nitrogens is 2. The zero-order valence-corrected chi connectivity index (χ0v) is 16.3. The standard InChI is InChI=1S/C18H25N3O4S/c1-18(2,3)24-16(22)20-9-4-6-13(12-20)8-10-21-15(19-25-17(21)23)14-7-5-11-26-14/h5,7,11,13H,4,6,8-10,12H2,1-3H3/t13-/m1/s1. The fourth-order valence-electron chi connectivity index (χ4n) is 3.15. The Bertz CT molecular complexity index is 788. The van der Waals surface area contributed by atoms with E-state index in [1.54, 1.807) is 9.47 Å². The Morgan fingerprint density at radius 2 is 2.27 bits per heavy atom. The van der Waals surface area contributed by atoms with Crippen LogP contribution in [0.1, 0.15) is 40.0 Å².